The van der Waals surface area contributed by atoms with E-state index in [1.54, 1.807) is 17.2 Å². The molecule has 4 heterocycles. The Kier molecular flexibility index (Phi) is 4.35. The van der Waals surface area contributed by atoms with Gasteiger partial charge in [0, 0.05) is 18.9 Å². The Balaban J connectivity index is 1.45. The molecule has 7 nitrogen and oxygen atoms in total. The van der Waals surface area contributed by atoms with Crippen LogP contribution < -0.4 is 0 Å². The number of rotatable bonds is 3. The van der Waals surface area contributed by atoms with Crippen LogP contribution in [0.2, 0.25) is 0 Å². The Morgan fingerprint density at radius 2 is 2.36 bits per heavy atom. The third kappa shape index (κ3) is 3.48. The predicted octanol–water partition coefficient (Wildman–Crippen LogP) is 1.87. The molecule has 1 amide bonds. The summed E-state index contributed by atoms with van der Waals surface area (Å²) in [5, 5.41) is 4.25. The second-order valence-electron chi connectivity index (χ2n) is 6.88. The zero-order valence-corrected chi connectivity index (χ0v) is 14.4. The average molecular weight is 345 g/mol. The number of hydrogen-bond acceptors (Lipinski definition) is 5. The number of ether oxygens (including phenoxy) is 2. The van der Waals surface area contributed by atoms with E-state index in [0.29, 0.717) is 32.1 Å². The minimum Gasteiger partial charge on any atom is -0.456 e. The number of amides is 1. The molecule has 2 aromatic heterocycles. The third-order valence-electron chi connectivity index (χ3n) is 4.88. The number of aryl methyl sites for hydroxylation is 1. The molecule has 4 rings (SSSR count). The van der Waals surface area contributed by atoms with Crippen LogP contribution in [0.25, 0.3) is 0 Å². The highest BCUT2D eigenvalue weighted by molar-refractivity contribution is 5.91. The zero-order valence-electron chi connectivity index (χ0n) is 14.4. The van der Waals surface area contributed by atoms with Gasteiger partial charge < -0.3 is 18.8 Å². The van der Waals surface area contributed by atoms with Crippen molar-refractivity contribution >= 4 is 5.91 Å². The van der Waals surface area contributed by atoms with Crippen molar-refractivity contribution in [1.82, 2.24) is 14.7 Å². The van der Waals surface area contributed by atoms with E-state index in [4.69, 9.17) is 13.9 Å². The maximum Gasteiger partial charge on any atom is 0.289 e. The van der Waals surface area contributed by atoms with Crippen molar-refractivity contribution < 1.29 is 18.7 Å². The molecule has 0 saturated carbocycles. The van der Waals surface area contributed by atoms with Crippen LogP contribution in [0.15, 0.2) is 35.0 Å². The third-order valence-corrected chi connectivity index (χ3v) is 4.88. The Morgan fingerprint density at radius 1 is 1.44 bits per heavy atom. The molecule has 2 aliphatic heterocycles. The van der Waals surface area contributed by atoms with Crippen LogP contribution >= 0.6 is 0 Å². The molecular weight excluding hydrogens is 322 g/mol. The quantitative estimate of drug-likeness (QED) is 0.849. The van der Waals surface area contributed by atoms with Crippen LogP contribution in [0, 0.1) is 6.92 Å². The maximum absolute atomic E-state index is 12.8. The summed E-state index contributed by atoms with van der Waals surface area (Å²) >= 11 is 0. The lowest BCUT2D eigenvalue weighted by Crippen LogP contribution is -2.46. The number of aromatic nitrogens is 2. The van der Waals surface area contributed by atoms with Gasteiger partial charge in [0.1, 0.15) is 11.4 Å². The van der Waals surface area contributed by atoms with Gasteiger partial charge in [-0.15, -0.1) is 0 Å². The lowest BCUT2D eigenvalue weighted by Gasteiger charge is -2.31. The van der Waals surface area contributed by atoms with Gasteiger partial charge in [0.2, 0.25) is 0 Å². The molecule has 7 heteroatoms. The van der Waals surface area contributed by atoms with E-state index >= 15 is 0 Å². The molecule has 2 saturated heterocycles. The maximum atomic E-state index is 12.8. The van der Waals surface area contributed by atoms with Crippen molar-refractivity contribution in [1.29, 1.82) is 0 Å². The van der Waals surface area contributed by atoms with Crippen molar-refractivity contribution in [3.63, 3.8) is 0 Å². The Hall–Kier alpha value is -2.12. The van der Waals surface area contributed by atoms with Crippen LogP contribution in [0.4, 0.5) is 0 Å². The molecule has 1 spiro atoms. The summed E-state index contributed by atoms with van der Waals surface area (Å²) in [7, 11) is 0. The Bertz CT molecular complexity index is 727. The topological polar surface area (TPSA) is 69.7 Å². The van der Waals surface area contributed by atoms with E-state index in [2.05, 4.69) is 5.10 Å². The second kappa shape index (κ2) is 6.65. The van der Waals surface area contributed by atoms with Gasteiger partial charge in [0.25, 0.3) is 5.91 Å². The van der Waals surface area contributed by atoms with E-state index in [0.717, 1.165) is 25.1 Å². The van der Waals surface area contributed by atoms with E-state index in [1.807, 2.05) is 29.9 Å². The van der Waals surface area contributed by atoms with Gasteiger partial charge >= 0.3 is 0 Å². The molecule has 25 heavy (non-hydrogen) atoms. The number of nitrogens with zero attached hydrogens (tertiary/aromatic N) is 3. The molecule has 0 aliphatic carbocycles. The molecule has 0 radical (unpaired) electrons. The fourth-order valence-electron chi connectivity index (χ4n) is 3.65. The molecule has 2 fully saturated rings. The van der Waals surface area contributed by atoms with Crippen molar-refractivity contribution in [3.8, 4) is 0 Å². The molecule has 2 unspecified atom stereocenters. The summed E-state index contributed by atoms with van der Waals surface area (Å²) < 4.78 is 19.5. The highest BCUT2D eigenvalue weighted by atomic mass is 16.6. The summed E-state index contributed by atoms with van der Waals surface area (Å²) in [6.07, 6.45) is 5.60. The minimum absolute atomic E-state index is 0.0874. The van der Waals surface area contributed by atoms with Crippen LogP contribution in [-0.4, -0.2) is 58.6 Å². The van der Waals surface area contributed by atoms with Gasteiger partial charge in [-0.2, -0.15) is 5.10 Å². The van der Waals surface area contributed by atoms with Gasteiger partial charge in [0.15, 0.2) is 5.76 Å². The standard InChI is InChI=1S/C18H23N3O4/c1-14-3-4-16(24-14)17(22)20-9-10-23-13-18(12-20)6-5-15(25-18)11-21-8-2-7-19-21/h2-4,7-8,15H,5-6,9-13H2,1H3. The number of hydrogen-bond donors (Lipinski definition) is 0. The highest BCUT2D eigenvalue weighted by Crippen LogP contribution is 2.34. The van der Waals surface area contributed by atoms with Gasteiger partial charge in [-0.3, -0.25) is 9.48 Å². The first-order valence-electron chi connectivity index (χ1n) is 8.72. The van der Waals surface area contributed by atoms with Crippen LogP contribution in [0.5, 0.6) is 0 Å². The van der Waals surface area contributed by atoms with Crippen molar-refractivity contribution in [2.24, 2.45) is 0 Å². The molecule has 0 N–H and O–H groups in total. The summed E-state index contributed by atoms with van der Waals surface area (Å²) in [5.74, 6) is 1.01. The Morgan fingerprint density at radius 3 is 3.12 bits per heavy atom. The second-order valence-corrected chi connectivity index (χ2v) is 6.88. The lowest BCUT2D eigenvalue weighted by molar-refractivity contribution is -0.0881. The van der Waals surface area contributed by atoms with Gasteiger partial charge in [-0.05, 0) is 38.0 Å². The van der Waals surface area contributed by atoms with Crippen molar-refractivity contribution in [2.45, 2.75) is 38.0 Å². The van der Waals surface area contributed by atoms with E-state index in [9.17, 15) is 4.79 Å². The van der Waals surface area contributed by atoms with Crippen LogP contribution in [0.3, 0.4) is 0 Å². The smallest absolute Gasteiger partial charge is 0.289 e. The van der Waals surface area contributed by atoms with Crippen molar-refractivity contribution in [2.75, 3.05) is 26.3 Å². The average Bonchev–Trinajstić information content (AvgIpc) is 3.30. The fourth-order valence-corrected chi connectivity index (χ4v) is 3.65. The molecular formula is C18H23N3O4. The predicted molar refractivity (Wildman–Crippen MR) is 89.2 cm³/mol. The fraction of sp³-hybridized carbons (Fsp3) is 0.556. The summed E-state index contributed by atoms with van der Waals surface area (Å²) in [4.78, 5) is 14.5. The molecule has 0 bridgehead atoms. The molecule has 2 aromatic rings. The monoisotopic (exact) mass is 345 g/mol. The number of carbonyl (C=O) groups excluding carboxylic acids is 1. The highest BCUT2D eigenvalue weighted by Gasteiger charge is 2.44. The molecule has 134 valence electrons. The van der Waals surface area contributed by atoms with Gasteiger partial charge in [0.05, 0.1) is 32.4 Å². The van der Waals surface area contributed by atoms with E-state index < -0.39 is 5.60 Å². The van der Waals surface area contributed by atoms with Crippen LogP contribution in [0.1, 0.15) is 29.2 Å². The first kappa shape index (κ1) is 16.4. The van der Waals surface area contributed by atoms with E-state index in [-0.39, 0.29) is 12.0 Å². The zero-order chi connectivity index (χ0) is 17.3. The molecule has 0 aromatic carbocycles. The minimum atomic E-state index is -0.439. The molecule has 2 aliphatic rings. The van der Waals surface area contributed by atoms with Gasteiger partial charge in [-0.25, -0.2) is 0 Å². The number of carbonyl (C=O) groups is 1. The largest absolute Gasteiger partial charge is 0.456 e. The first-order chi connectivity index (χ1) is 12.1. The van der Waals surface area contributed by atoms with Gasteiger partial charge in [-0.1, -0.05) is 0 Å². The lowest BCUT2D eigenvalue weighted by atomic mass is 10.00. The summed E-state index contributed by atoms with van der Waals surface area (Å²) in [6.45, 7) is 4.67. The Labute approximate surface area is 146 Å². The van der Waals surface area contributed by atoms with Crippen LogP contribution in [-0.2, 0) is 16.0 Å². The number of furan rings is 1. The normalized spacial score (nSPS) is 26.9. The summed E-state index contributed by atoms with van der Waals surface area (Å²) in [5.41, 5.74) is -0.439. The SMILES string of the molecule is Cc1ccc(C(=O)N2CCOCC3(CCC(Cn4cccn4)O3)C2)o1. The van der Waals surface area contributed by atoms with E-state index in [1.165, 1.54) is 0 Å². The summed E-state index contributed by atoms with van der Waals surface area (Å²) in [6, 6.07) is 5.45. The first-order valence-corrected chi connectivity index (χ1v) is 8.72. The molecule has 2 atom stereocenters. The van der Waals surface area contributed by atoms with Crippen molar-refractivity contribution in [3.05, 3.63) is 42.1 Å².